The van der Waals surface area contributed by atoms with Crippen molar-refractivity contribution in [2.24, 2.45) is 0 Å². The molecule has 3 aromatic carbocycles. The molecule has 0 saturated heterocycles. The summed E-state index contributed by atoms with van der Waals surface area (Å²) in [6.45, 7) is 1.66. The third-order valence-electron chi connectivity index (χ3n) is 4.84. The number of halogens is 2. The first-order valence-corrected chi connectivity index (χ1v) is 8.88. The third-order valence-corrected chi connectivity index (χ3v) is 4.84. The van der Waals surface area contributed by atoms with Gasteiger partial charge in [0.2, 0.25) is 0 Å². The van der Waals surface area contributed by atoms with E-state index in [1.54, 1.807) is 39.3 Å². The predicted molar refractivity (Wildman–Crippen MR) is 105 cm³/mol. The van der Waals surface area contributed by atoms with Crippen molar-refractivity contribution >= 4 is 5.91 Å². The Morgan fingerprint density at radius 1 is 1.00 bits per heavy atom. The summed E-state index contributed by atoms with van der Waals surface area (Å²) in [5, 5.41) is 0. The predicted octanol–water partition coefficient (Wildman–Crippen LogP) is 5.47. The molecule has 0 bridgehead atoms. The fourth-order valence-corrected chi connectivity index (χ4v) is 3.11. The normalized spacial score (nSPS) is 11.8. The number of carbonyl (C=O) groups excluding carboxylic acids is 1. The summed E-state index contributed by atoms with van der Waals surface area (Å²) in [4.78, 5) is 14.4. The fraction of sp³-hybridized carbons (Fsp3) is 0.174. The topological polar surface area (TPSA) is 29.5 Å². The molecule has 0 spiro atoms. The number of nitrogens with zero attached hydrogens (tertiary/aromatic N) is 1. The highest BCUT2D eigenvalue weighted by atomic mass is 19.1. The Bertz CT molecular complexity index is 989. The van der Waals surface area contributed by atoms with Crippen molar-refractivity contribution in [3.63, 3.8) is 0 Å². The minimum Gasteiger partial charge on any atom is -0.496 e. The van der Waals surface area contributed by atoms with Crippen LogP contribution >= 0.6 is 0 Å². The van der Waals surface area contributed by atoms with E-state index in [1.807, 2.05) is 30.3 Å². The summed E-state index contributed by atoms with van der Waals surface area (Å²) in [5.74, 6) is -0.737. The largest absolute Gasteiger partial charge is 0.496 e. The highest BCUT2D eigenvalue weighted by molar-refractivity contribution is 5.96. The van der Waals surface area contributed by atoms with Crippen molar-refractivity contribution in [1.82, 2.24) is 4.90 Å². The maximum atomic E-state index is 14.1. The summed E-state index contributed by atoms with van der Waals surface area (Å²) >= 11 is 0. The van der Waals surface area contributed by atoms with Crippen molar-refractivity contribution in [2.45, 2.75) is 13.0 Å². The lowest BCUT2D eigenvalue weighted by Gasteiger charge is -2.26. The molecule has 0 aromatic heterocycles. The molecule has 1 atom stereocenters. The number of ether oxygens (including phenoxy) is 1. The molecule has 144 valence electrons. The van der Waals surface area contributed by atoms with E-state index < -0.39 is 17.7 Å². The van der Waals surface area contributed by atoms with Crippen molar-refractivity contribution in [3.05, 3.63) is 89.5 Å². The summed E-state index contributed by atoms with van der Waals surface area (Å²) in [5.41, 5.74) is 2.27. The zero-order valence-corrected chi connectivity index (χ0v) is 15.9. The summed E-state index contributed by atoms with van der Waals surface area (Å²) in [6.07, 6.45) is 0. The number of hydrogen-bond donors (Lipinski definition) is 0. The summed E-state index contributed by atoms with van der Waals surface area (Å²) in [6, 6.07) is 17.3. The summed E-state index contributed by atoms with van der Waals surface area (Å²) < 4.78 is 33.1. The number of benzene rings is 3. The molecule has 1 amide bonds. The van der Waals surface area contributed by atoms with Gasteiger partial charge in [-0.2, -0.15) is 0 Å². The zero-order chi connectivity index (χ0) is 20.3. The van der Waals surface area contributed by atoms with Crippen LogP contribution < -0.4 is 4.74 Å². The van der Waals surface area contributed by atoms with Crippen molar-refractivity contribution in [2.75, 3.05) is 14.2 Å². The van der Waals surface area contributed by atoms with Crippen LogP contribution in [0.2, 0.25) is 0 Å². The minimum atomic E-state index is -0.634. The molecule has 0 aliphatic carbocycles. The van der Waals surface area contributed by atoms with Crippen LogP contribution in [0.4, 0.5) is 8.78 Å². The first kappa shape index (κ1) is 19.5. The standard InChI is InChI=1S/C23H21F2NO2/c1-15(19-14-18(24)10-11-21(19)25)26(2)23(27)17-9-12-22(28-3)20(13-17)16-7-5-4-6-8-16/h4-15H,1-3H3. The number of amides is 1. The maximum absolute atomic E-state index is 14.1. The van der Waals surface area contributed by atoms with Gasteiger partial charge in [-0.3, -0.25) is 4.79 Å². The number of methoxy groups -OCH3 is 1. The second-order valence-electron chi connectivity index (χ2n) is 6.54. The molecular weight excluding hydrogens is 360 g/mol. The fourth-order valence-electron chi connectivity index (χ4n) is 3.11. The molecule has 0 aliphatic heterocycles. The lowest BCUT2D eigenvalue weighted by atomic mass is 10.0. The van der Waals surface area contributed by atoms with Gasteiger partial charge in [-0.1, -0.05) is 30.3 Å². The van der Waals surface area contributed by atoms with Gasteiger partial charge in [-0.15, -0.1) is 0 Å². The van der Waals surface area contributed by atoms with Crippen LogP contribution in [0.25, 0.3) is 11.1 Å². The minimum absolute atomic E-state index is 0.132. The lowest BCUT2D eigenvalue weighted by Crippen LogP contribution is -2.30. The van der Waals surface area contributed by atoms with Crippen LogP contribution in [-0.4, -0.2) is 25.0 Å². The van der Waals surface area contributed by atoms with Crippen LogP contribution in [0, 0.1) is 11.6 Å². The Labute approximate surface area is 163 Å². The zero-order valence-electron chi connectivity index (χ0n) is 15.9. The molecule has 0 N–H and O–H groups in total. The van der Waals surface area contributed by atoms with E-state index in [2.05, 4.69) is 0 Å². The molecule has 0 heterocycles. The van der Waals surface area contributed by atoms with Gasteiger partial charge in [-0.25, -0.2) is 8.78 Å². The van der Waals surface area contributed by atoms with Crippen molar-refractivity contribution in [3.8, 4) is 16.9 Å². The molecule has 3 rings (SSSR count). The molecule has 0 aliphatic rings. The highest BCUT2D eigenvalue weighted by Gasteiger charge is 2.23. The van der Waals surface area contributed by atoms with Gasteiger partial charge in [0.15, 0.2) is 0 Å². The van der Waals surface area contributed by atoms with Gasteiger partial charge in [0, 0.05) is 23.7 Å². The van der Waals surface area contributed by atoms with Crippen LogP contribution in [0.1, 0.15) is 28.9 Å². The van der Waals surface area contributed by atoms with Crippen LogP contribution in [0.3, 0.4) is 0 Å². The number of hydrogen-bond acceptors (Lipinski definition) is 2. The second kappa shape index (κ2) is 8.21. The molecule has 28 heavy (non-hydrogen) atoms. The SMILES string of the molecule is COc1ccc(C(=O)N(C)C(C)c2cc(F)ccc2F)cc1-c1ccccc1. The second-order valence-corrected chi connectivity index (χ2v) is 6.54. The molecule has 5 heteroatoms. The van der Waals surface area contributed by atoms with E-state index in [0.717, 1.165) is 29.3 Å². The van der Waals surface area contributed by atoms with Crippen molar-refractivity contribution < 1.29 is 18.3 Å². The molecule has 1 unspecified atom stereocenters. The Balaban J connectivity index is 1.94. The van der Waals surface area contributed by atoms with Gasteiger partial charge in [0.25, 0.3) is 5.91 Å². The molecule has 0 saturated carbocycles. The number of rotatable bonds is 5. The van der Waals surface area contributed by atoms with Gasteiger partial charge in [0.1, 0.15) is 17.4 Å². The molecule has 3 aromatic rings. The molecule has 0 radical (unpaired) electrons. The van der Waals surface area contributed by atoms with E-state index in [9.17, 15) is 13.6 Å². The first-order chi connectivity index (χ1) is 13.4. The third kappa shape index (κ3) is 3.88. The Kier molecular flexibility index (Phi) is 5.73. The van der Waals surface area contributed by atoms with Crippen molar-refractivity contribution in [1.29, 1.82) is 0 Å². The van der Waals surface area contributed by atoms with Crippen LogP contribution in [0.5, 0.6) is 5.75 Å². The van der Waals surface area contributed by atoms with E-state index in [-0.39, 0.29) is 11.5 Å². The molecule has 0 fully saturated rings. The Hall–Kier alpha value is -3.21. The van der Waals surface area contributed by atoms with Crippen LogP contribution in [-0.2, 0) is 0 Å². The smallest absolute Gasteiger partial charge is 0.254 e. The Morgan fingerprint density at radius 2 is 1.71 bits per heavy atom. The summed E-state index contributed by atoms with van der Waals surface area (Å²) in [7, 11) is 3.15. The lowest BCUT2D eigenvalue weighted by molar-refractivity contribution is 0.0740. The highest BCUT2D eigenvalue weighted by Crippen LogP contribution is 2.32. The maximum Gasteiger partial charge on any atom is 0.254 e. The van der Waals surface area contributed by atoms with Gasteiger partial charge >= 0.3 is 0 Å². The van der Waals surface area contributed by atoms with Gasteiger partial charge < -0.3 is 9.64 Å². The average Bonchev–Trinajstić information content (AvgIpc) is 2.74. The monoisotopic (exact) mass is 381 g/mol. The van der Waals surface area contributed by atoms with E-state index in [1.165, 1.54) is 4.90 Å². The van der Waals surface area contributed by atoms with Gasteiger partial charge in [-0.05, 0) is 48.9 Å². The van der Waals surface area contributed by atoms with E-state index in [4.69, 9.17) is 4.74 Å². The number of carbonyl (C=O) groups is 1. The Morgan fingerprint density at radius 3 is 2.39 bits per heavy atom. The van der Waals surface area contributed by atoms with E-state index >= 15 is 0 Å². The van der Waals surface area contributed by atoms with Crippen LogP contribution in [0.15, 0.2) is 66.7 Å². The first-order valence-electron chi connectivity index (χ1n) is 8.88. The quantitative estimate of drug-likeness (QED) is 0.586. The van der Waals surface area contributed by atoms with Gasteiger partial charge in [0.05, 0.1) is 13.2 Å². The molecular formula is C23H21F2NO2. The van der Waals surface area contributed by atoms with E-state index in [0.29, 0.717) is 11.3 Å². The molecule has 3 nitrogen and oxygen atoms in total. The average molecular weight is 381 g/mol.